The fraction of sp³-hybridized carbons (Fsp3) is 0.136. The standard InChI is InChI=1S/C22H19NO2S2/c1-26-20-13-7-16(8-14-20)22-23(21(24)15-27-22)17-9-11-19(12-10-17)25-18-5-3-2-4-6-18/h2-14,22H,15H2,1H3/t22-/m1/s1. The number of hydrogen-bond acceptors (Lipinski definition) is 4. The van der Waals surface area contributed by atoms with Crippen LogP contribution < -0.4 is 9.64 Å². The van der Waals surface area contributed by atoms with Crippen molar-refractivity contribution in [3.8, 4) is 11.5 Å². The summed E-state index contributed by atoms with van der Waals surface area (Å²) in [4.78, 5) is 15.6. The van der Waals surface area contributed by atoms with Gasteiger partial charge >= 0.3 is 0 Å². The van der Waals surface area contributed by atoms with E-state index < -0.39 is 0 Å². The van der Waals surface area contributed by atoms with Gasteiger partial charge in [0, 0.05) is 10.6 Å². The first-order valence-corrected chi connectivity index (χ1v) is 10.9. The molecule has 1 saturated heterocycles. The lowest BCUT2D eigenvalue weighted by molar-refractivity contribution is -0.115. The Bertz CT molecular complexity index is 911. The quantitative estimate of drug-likeness (QED) is 0.499. The van der Waals surface area contributed by atoms with Gasteiger partial charge in [0.05, 0.1) is 5.75 Å². The summed E-state index contributed by atoms with van der Waals surface area (Å²) < 4.78 is 5.85. The predicted molar refractivity (Wildman–Crippen MR) is 114 cm³/mol. The minimum atomic E-state index is 0.00861. The highest BCUT2D eigenvalue weighted by molar-refractivity contribution is 8.00. The van der Waals surface area contributed by atoms with Crippen molar-refractivity contribution in [3.63, 3.8) is 0 Å². The van der Waals surface area contributed by atoms with Crippen LogP contribution in [0, 0.1) is 0 Å². The lowest BCUT2D eigenvalue weighted by Gasteiger charge is -2.24. The molecule has 1 amide bonds. The second-order valence-electron chi connectivity index (χ2n) is 6.11. The van der Waals surface area contributed by atoms with Gasteiger partial charge in [-0.25, -0.2) is 0 Å². The summed E-state index contributed by atoms with van der Waals surface area (Å²) >= 11 is 3.38. The molecule has 27 heavy (non-hydrogen) atoms. The van der Waals surface area contributed by atoms with Crippen molar-refractivity contribution in [2.75, 3.05) is 16.9 Å². The largest absolute Gasteiger partial charge is 0.457 e. The van der Waals surface area contributed by atoms with E-state index in [-0.39, 0.29) is 11.3 Å². The maximum Gasteiger partial charge on any atom is 0.238 e. The summed E-state index contributed by atoms with van der Waals surface area (Å²) in [5.41, 5.74) is 2.04. The molecule has 1 aliphatic rings. The number of carbonyl (C=O) groups is 1. The number of amides is 1. The molecular formula is C22H19NO2S2. The summed E-state index contributed by atoms with van der Waals surface area (Å²) in [6, 6.07) is 25.8. The smallest absolute Gasteiger partial charge is 0.238 e. The van der Waals surface area contributed by atoms with E-state index >= 15 is 0 Å². The summed E-state index contributed by atoms with van der Waals surface area (Å²) in [6.45, 7) is 0. The number of hydrogen-bond donors (Lipinski definition) is 0. The Hall–Kier alpha value is -2.37. The second-order valence-corrected chi connectivity index (χ2v) is 8.06. The number of nitrogens with zero attached hydrogens (tertiary/aromatic N) is 1. The van der Waals surface area contributed by atoms with Crippen LogP contribution in [0.25, 0.3) is 0 Å². The number of para-hydroxylation sites is 1. The molecule has 4 rings (SSSR count). The van der Waals surface area contributed by atoms with Gasteiger partial charge in [0.1, 0.15) is 16.9 Å². The molecule has 0 aromatic heterocycles. The molecule has 1 atom stereocenters. The van der Waals surface area contributed by atoms with Crippen LogP contribution >= 0.6 is 23.5 Å². The molecule has 0 spiro atoms. The molecule has 136 valence electrons. The van der Waals surface area contributed by atoms with E-state index in [2.05, 4.69) is 30.5 Å². The van der Waals surface area contributed by atoms with Crippen molar-refractivity contribution in [2.45, 2.75) is 10.3 Å². The first-order valence-electron chi connectivity index (χ1n) is 8.65. The highest BCUT2D eigenvalue weighted by atomic mass is 32.2. The molecule has 5 heteroatoms. The van der Waals surface area contributed by atoms with Crippen molar-refractivity contribution in [3.05, 3.63) is 84.4 Å². The van der Waals surface area contributed by atoms with Gasteiger partial charge in [-0.15, -0.1) is 23.5 Å². The van der Waals surface area contributed by atoms with Crippen LogP contribution in [0.4, 0.5) is 5.69 Å². The number of ether oxygens (including phenoxy) is 1. The van der Waals surface area contributed by atoms with Crippen molar-refractivity contribution >= 4 is 35.1 Å². The highest BCUT2D eigenvalue weighted by Crippen LogP contribution is 2.42. The Labute approximate surface area is 167 Å². The molecule has 0 saturated carbocycles. The first-order chi connectivity index (χ1) is 13.2. The summed E-state index contributed by atoms with van der Waals surface area (Å²) in [6.07, 6.45) is 2.06. The number of rotatable bonds is 5. The Balaban J connectivity index is 1.55. The predicted octanol–water partition coefficient (Wildman–Crippen LogP) is 5.98. The molecule has 0 unspecified atom stereocenters. The number of thioether (sulfide) groups is 2. The van der Waals surface area contributed by atoms with Gasteiger partial charge in [-0.05, 0) is 60.4 Å². The lowest BCUT2D eigenvalue weighted by atomic mass is 10.2. The third-order valence-electron chi connectivity index (χ3n) is 4.36. The Morgan fingerprint density at radius 2 is 1.59 bits per heavy atom. The molecular weight excluding hydrogens is 374 g/mol. The number of anilines is 1. The van der Waals surface area contributed by atoms with Gasteiger partial charge in [-0.3, -0.25) is 9.69 Å². The van der Waals surface area contributed by atoms with Crippen molar-refractivity contribution in [1.82, 2.24) is 0 Å². The monoisotopic (exact) mass is 393 g/mol. The normalized spacial score (nSPS) is 16.6. The van der Waals surface area contributed by atoms with Gasteiger partial charge in [0.15, 0.2) is 0 Å². The van der Waals surface area contributed by atoms with Gasteiger partial charge in [-0.2, -0.15) is 0 Å². The second kappa shape index (κ2) is 8.11. The molecule has 1 heterocycles. The van der Waals surface area contributed by atoms with E-state index in [0.29, 0.717) is 5.75 Å². The minimum absolute atomic E-state index is 0.00861. The number of benzene rings is 3. The zero-order valence-electron chi connectivity index (χ0n) is 14.9. The molecule has 3 aromatic rings. The van der Waals surface area contributed by atoms with Crippen molar-refractivity contribution in [1.29, 1.82) is 0 Å². The average molecular weight is 394 g/mol. The molecule has 1 aliphatic heterocycles. The van der Waals surface area contributed by atoms with Crippen molar-refractivity contribution in [2.24, 2.45) is 0 Å². The van der Waals surface area contributed by atoms with Gasteiger partial charge in [0.2, 0.25) is 5.91 Å². The Kier molecular flexibility index (Phi) is 5.41. The molecule has 0 N–H and O–H groups in total. The average Bonchev–Trinajstić information content (AvgIpc) is 3.11. The zero-order valence-corrected chi connectivity index (χ0v) is 16.5. The van der Waals surface area contributed by atoms with Crippen molar-refractivity contribution < 1.29 is 9.53 Å². The van der Waals surface area contributed by atoms with Gasteiger partial charge < -0.3 is 4.74 Å². The topological polar surface area (TPSA) is 29.5 Å². The van der Waals surface area contributed by atoms with Crippen LogP contribution in [-0.2, 0) is 4.79 Å². The van der Waals surface area contributed by atoms with E-state index in [1.165, 1.54) is 4.90 Å². The SMILES string of the molecule is CSc1ccc([C@H]2SCC(=O)N2c2ccc(Oc3ccccc3)cc2)cc1. The van der Waals surface area contributed by atoms with E-state index in [1.54, 1.807) is 23.5 Å². The minimum Gasteiger partial charge on any atom is -0.457 e. The molecule has 0 bridgehead atoms. The highest BCUT2D eigenvalue weighted by Gasteiger charge is 2.33. The molecule has 0 aliphatic carbocycles. The van der Waals surface area contributed by atoms with Crippen LogP contribution in [0.5, 0.6) is 11.5 Å². The fourth-order valence-electron chi connectivity index (χ4n) is 3.02. The summed E-state index contributed by atoms with van der Waals surface area (Å²) in [7, 11) is 0. The Morgan fingerprint density at radius 1 is 0.926 bits per heavy atom. The fourth-order valence-corrected chi connectivity index (χ4v) is 4.60. The molecule has 3 aromatic carbocycles. The first kappa shape index (κ1) is 18.0. The summed E-state index contributed by atoms with van der Waals surface area (Å²) in [5.74, 6) is 2.18. The maximum absolute atomic E-state index is 12.5. The zero-order chi connectivity index (χ0) is 18.6. The van der Waals surface area contributed by atoms with Gasteiger partial charge in [0.25, 0.3) is 0 Å². The van der Waals surface area contributed by atoms with E-state index in [4.69, 9.17) is 4.74 Å². The van der Waals surface area contributed by atoms with Crippen LogP contribution in [0.15, 0.2) is 83.8 Å². The number of carbonyl (C=O) groups excluding carboxylic acids is 1. The Morgan fingerprint density at radius 3 is 2.26 bits per heavy atom. The van der Waals surface area contributed by atoms with E-state index in [0.717, 1.165) is 22.7 Å². The summed E-state index contributed by atoms with van der Waals surface area (Å²) in [5, 5.41) is 0.00861. The lowest BCUT2D eigenvalue weighted by Crippen LogP contribution is -2.27. The maximum atomic E-state index is 12.5. The molecule has 3 nitrogen and oxygen atoms in total. The van der Waals surface area contributed by atoms with Gasteiger partial charge in [-0.1, -0.05) is 30.3 Å². The van der Waals surface area contributed by atoms with Crippen LogP contribution in [-0.4, -0.2) is 17.9 Å². The molecule has 1 fully saturated rings. The van der Waals surface area contributed by atoms with Crippen LogP contribution in [0.2, 0.25) is 0 Å². The third kappa shape index (κ3) is 3.99. The van der Waals surface area contributed by atoms with E-state index in [1.807, 2.05) is 59.5 Å². The van der Waals surface area contributed by atoms with Crippen LogP contribution in [0.1, 0.15) is 10.9 Å². The third-order valence-corrected chi connectivity index (χ3v) is 6.32. The molecule has 0 radical (unpaired) electrons. The van der Waals surface area contributed by atoms with Crippen LogP contribution in [0.3, 0.4) is 0 Å². The van der Waals surface area contributed by atoms with E-state index in [9.17, 15) is 4.79 Å².